The van der Waals surface area contributed by atoms with E-state index < -0.39 is 38.7 Å². The Morgan fingerprint density at radius 3 is 1.61 bits per heavy atom. The fraction of sp³-hybridized carbons (Fsp3) is 0.463. The number of sulfonamides is 2. The quantitative estimate of drug-likeness (QED) is 0.157. The van der Waals surface area contributed by atoms with Crippen LogP contribution in [0.2, 0.25) is 0 Å². The molecule has 0 fully saturated rings. The van der Waals surface area contributed by atoms with Crippen LogP contribution in [-0.4, -0.2) is 84.5 Å². The van der Waals surface area contributed by atoms with Gasteiger partial charge in [-0.1, -0.05) is 35.4 Å². The van der Waals surface area contributed by atoms with E-state index in [1.165, 1.54) is 4.31 Å². The van der Waals surface area contributed by atoms with Gasteiger partial charge in [0.2, 0.25) is 20.0 Å². The maximum absolute atomic E-state index is 13.7. The van der Waals surface area contributed by atoms with Crippen LogP contribution >= 0.6 is 0 Å². The van der Waals surface area contributed by atoms with Crippen molar-refractivity contribution < 1.29 is 41.0 Å². The van der Waals surface area contributed by atoms with Crippen LogP contribution in [0.3, 0.4) is 0 Å². The van der Waals surface area contributed by atoms with Gasteiger partial charge in [0, 0.05) is 56.4 Å². The molecule has 2 unspecified atom stereocenters. The molecule has 2 aliphatic rings. The third-order valence-electron chi connectivity index (χ3n) is 10.2. The zero-order chi connectivity index (χ0) is 40.9. The largest absolute Gasteiger partial charge is 0.480 e. The second-order valence-corrected chi connectivity index (χ2v) is 18.2. The lowest BCUT2D eigenvalue weighted by Gasteiger charge is -2.36. The summed E-state index contributed by atoms with van der Waals surface area (Å²) in [6.07, 6.45) is 5.33. The van der Waals surface area contributed by atoms with E-state index in [1.54, 1.807) is 25.1 Å². The van der Waals surface area contributed by atoms with E-state index in [0.29, 0.717) is 73.0 Å². The number of nitrogens with zero attached hydrogens (tertiary/aromatic N) is 4. The third kappa shape index (κ3) is 9.29. The molecule has 0 saturated heterocycles. The molecule has 304 valence electrons. The smallest absolute Gasteiger partial charge is 0.329 e. The Bertz CT molecular complexity index is 2230. The molecule has 0 radical (unpaired) electrons. The average molecular weight is 811 g/mol. The maximum atomic E-state index is 13.7. The Labute approximate surface area is 330 Å². The summed E-state index contributed by atoms with van der Waals surface area (Å²) >= 11 is 0. The van der Waals surface area contributed by atoms with Crippen LogP contribution in [0.1, 0.15) is 83.0 Å². The van der Waals surface area contributed by atoms with Crippen LogP contribution in [0.15, 0.2) is 70.7 Å². The number of aryl methyl sites for hydroxylation is 6. The third-order valence-corrected chi connectivity index (χ3v) is 14.7. The van der Waals surface area contributed by atoms with Crippen molar-refractivity contribution in [2.45, 2.75) is 103 Å². The number of carboxylic acids is 1. The number of carbonyl (C=O) groups excluding carboxylic acids is 1. The average Bonchev–Trinajstić information content (AvgIpc) is 3.78. The van der Waals surface area contributed by atoms with Gasteiger partial charge in [0.1, 0.15) is 6.61 Å². The second kappa shape index (κ2) is 17.9. The van der Waals surface area contributed by atoms with Crippen molar-refractivity contribution in [3.05, 3.63) is 106 Å². The van der Waals surface area contributed by atoms with E-state index in [1.807, 2.05) is 93.2 Å². The Hall–Kier alpha value is -4.28. The Balaban J connectivity index is 0.000000215. The number of ether oxygens (including phenoxy) is 2. The molecule has 4 aromatic rings. The first-order valence-electron chi connectivity index (χ1n) is 18.9. The van der Waals surface area contributed by atoms with Gasteiger partial charge in [-0.15, -0.1) is 0 Å². The predicted molar refractivity (Wildman–Crippen MR) is 212 cm³/mol. The van der Waals surface area contributed by atoms with E-state index in [0.717, 1.165) is 33.6 Å². The minimum absolute atomic E-state index is 0.0144. The van der Waals surface area contributed by atoms with Crippen LogP contribution in [0.4, 0.5) is 0 Å². The molecule has 2 aliphatic heterocycles. The molecule has 0 amide bonds. The van der Waals surface area contributed by atoms with Gasteiger partial charge >= 0.3 is 11.9 Å². The van der Waals surface area contributed by atoms with Crippen molar-refractivity contribution in [1.29, 1.82) is 0 Å². The highest BCUT2D eigenvalue weighted by Crippen LogP contribution is 2.38. The standard InChI is InChI=1S/C22H30N2O4S.C19H24N2O5S/c1-5-28-21(25)10-6-8-20-19-9-7-11-23(19)12-13-24(20)29(26,27)22-17(3)14-16(2)15-18(22)4;1-13-9-14(2)19(15(3)10-13)27(24,25)21-8-7-20-6-4-5-16(20)17(21)11-26-12-18(22)23/h7,9,11,14-15,20H,5-6,8,10,12-13H2,1-4H3;4-6,9-10,17H,7-8,11-12H2,1-3H3,(H,22,23). The number of fused-ring (bicyclic) bond motifs is 2. The van der Waals surface area contributed by atoms with E-state index in [4.69, 9.17) is 14.6 Å². The highest BCUT2D eigenvalue weighted by Gasteiger charge is 2.39. The van der Waals surface area contributed by atoms with Gasteiger partial charge in [-0.05, 0) is 108 Å². The number of aliphatic carboxylic acids is 1. The number of benzene rings is 2. The highest BCUT2D eigenvalue weighted by atomic mass is 32.2. The zero-order valence-corrected chi connectivity index (χ0v) is 35.0. The first kappa shape index (κ1) is 42.9. The summed E-state index contributed by atoms with van der Waals surface area (Å²) in [4.78, 5) is 23.3. The van der Waals surface area contributed by atoms with Gasteiger partial charge in [-0.3, -0.25) is 4.79 Å². The minimum atomic E-state index is -3.77. The molecule has 0 aliphatic carbocycles. The van der Waals surface area contributed by atoms with Gasteiger partial charge in [-0.2, -0.15) is 8.61 Å². The van der Waals surface area contributed by atoms with Gasteiger partial charge < -0.3 is 23.7 Å². The minimum Gasteiger partial charge on any atom is -0.480 e. The Kier molecular flexibility index (Phi) is 13.7. The number of hydrogen-bond donors (Lipinski definition) is 1. The first-order chi connectivity index (χ1) is 26.5. The molecule has 2 atom stereocenters. The molecule has 15 heteroatoms. The van der Waals surface area contributed by atoms with Crippen molar-refractivity contribution in [3.8, 4) is 0 Å². The van der Waals surface area contributed by atoms with Crippen LogP contribution in [0.25, 0.3) is 0 Å². The van der Waals surface area contributed by atoms with Gasteiger partial charge in [0.15, 0.2) is 0 Å². The van der Waals surface area contributed by atoms with Crippen molar-refractivity contribution >= 4 is 32.0 Å². The molecule has 2 aromatic carbocycles. The Morgan fingerprint density at radius 1 is 0.714 bits per heavy atom. The van der Waals surface area contributed by atoms with E-state index in [2.05, 4.69) is 4.57 Å². The van der Waals surface area contributed by atoms with E-state index in [9.17, 15) is 26.4 Å². The lowest BCUT2D eigenvalue weighted by molar-refractivity contribution is -0.144. The van der Waals surface area contributed by atoms with Crippen molar-refractivity contribution in [2.24, 2.45) is 0 Å². The number of carbonyl (C=O) groups is 2. The van der Waals surface area contributed by atoms with Crippen molar-refractivity contribution in [1.82, 2.24) is 17.7 Å². The number of aromatic nitrogens is 2. The van der Waals surface area contributed by atoms with Gasteiger partial charge in [0.25, 0.3) is 0 Å². The normalized spacial score (nSPS) is 17.4. The predicted octanol–water partition coefficient (Wildman–Crippen LogP) is 6.15. The number of esters is 1. The van der Waals surface area contributed by atoms with Crippen LogP contribution in [-0.2, 0) is 52.2 Å². The van der Waals surface area contributed by atoms with Crippen LogP contribution in [0, 0.1) is 41.5 Å². The van der Waals surface area contributed by atoms with Crippen molar-refractivity contribution in [2.75, 3.05) is 32.9 Å². The molecular formula is C41H54N4O9S2. The highest BCUT2D eigenvalue weighted by molar-refractivity contribution is 7.89. The van der Waals surface area contributed by atoms with Gasteiger partial charge in [-0.25, -0.2) is 21.6 Å². The molecule has 2 aromatic heterocycles. The zero-order valence-electron chi connectivity index (χ0n) is 33.3. The fourth-order valence-electron chi connectivity index (χ4n) is 8.23. The molecule has 1 N–H and O–H groups in total. The summed E-state index contributed by atoms with van der Waals surface area (Å²) in [5, 5.41) is 8.84. The summed E-state index contributed by atoms with van der Waals surface area (Å²) in [6, 6.07) is 14.3. The summed E-state index contributed by atoms with van der Waals surface area (Å²) < 4.78 is 71.9. The molecule has 0 saturated carbocycles. The molecule has 0 spiro atoms. The SMILES string of the molecule is CCOC(=O)CCCC1c2cccn2CCN1S(=O)(=O)c1c(C)cc(C)cc1C.Cc1cc(C)c(S(=O)(=O)N2CCn3cccc3C2COCC(=O)O)c(C)c1. The Morgan fingerprint density at radius 2 is 1.16 bits per heavy atom. The summed E-state index contributed by atoms with van der Waals surface area (Å²) in [6.45, 7) is 14.8. The number of carboxylic acid groups (broad SMARTS) is 1. The van der Waals surface area contributed by atoms with E-state index in [-0.39, 0.29) is 18.6 Å². The van der Waals surface area contributed by atoms with E-state index >= 15 is 0 Å². The number of hydrogen-bond acceptors (Lipinski definition) is 8. The lowest BCUT2D eigenvalue weighted by Crippen LogP contribution is -2.44. The summed E-state index contributed by atoms with van der Waals surface area (Å²) in [7, 11) is -7.43. The molecule has 56 heavy (non-hydrogen) atoms. The molecular weight excluding hydrogens is 757 g/mol. The molecule has 6 rings (SSSR count). The molecule has 4 heterocycles. The summed E-state index contributed by atoms with van der Waals surface area (Å²) in [5.41, 5.74) is 6.80. The van der Waals surface area contributed by atoms with Crippen LogP contribution < -0.4 is 0 Å². The maximum Gasteiger partial charge on any atom is 0.329 e. The molecule has 0 bridgehead atoms. The lowest BCUT2D eigenvalue weighted by atomic mass is 10.0. The molecule has 13 nitrogen and oxygen atoms in total. The first-order valence-corrected chi connectivity index (χ1v) is 21.8. The van der Waals surface area contributed by atoms with Gasteiger partial charge in [0.05, 0.1) is 35.1 Å². The number of rotatable bonds is 13. The second-order valence-electron chi connectivity index (χ2n) is 14.6. The van der Waals surface area contributed by atoms with Crippen LogP contribution in [0.5, 0.6) is 0 Å². The topological polar surface area (TPSA) is 157 Å². The fourth-order valence-corrected chi connectivity index (χ4v) is 12.3. The van der Waals surface area contributed by atoms with Crippen molar-refractivity contribution in [3.63, 3.8) is 0 Å². The monoisotopic (exact) mass is 810 g/mol. The summed E-state index contributed by atoms with van der Waals surface area (Å²) in [5.74, 6) is -1.32.